The summed E-state index contributed by atoms with van der Waals surface area (Å²) >= 11 is 1.53. The molecule has 0 unspecified atom stereocenters. The molecular weight excluding hydrogens is 434 g/mol. The minimum Gasteiger partial charge on any atom is -0.369 e. The number of hydrogen-bond donors (Lipinski definition) is 1. The number of aromatic nitrogens is 3. The van der Waals surface area contributed by atoms with Crippen molar-refractivity contribution in [3.05, 3.63) is 69.9 Å². The van der Waals surface area contributed by atoms with Crippen molar-refractivity contribution in [1.29, 1.82) is 5.26 Å². The van der Waals surface area contributed by atoms with Gasteiger partial charge in [-0.1, -0.05) is 18.2 Å². The van der Waals surface area contributed by atoms with E-state index in [1.165, 1.54) is 21.0 Å². The van der Waals surface area contributed by atoms with Crippen molar-refractivity contribution in [3.63, 3.8) is 0 Å². The van der Waals surface area contributed by atoms with Crippen molar-refractivity contribution in [2.75, 3.05) is 7.05 Å². The van der Waals surface area contributed by atoms with Gasteiger partial charge in [-0.25, -0.2) is 4.99 Å². The third-order valence-electron chi connectivity index (χ3n) is 6.09. The SMILES string of the molecule is CN1C(=O)[C@H](c2ccc3nn(C)nc3c2)[C@@](C)(c2cc(-c3cccc(C#N)c3)cs2)N=C1N. The number of nitriles is 1. The van der Waals surface area contributed by atoms with Gasteiger partial charge in [0.1, 0.15) is 16.6 Å². The predicted octanol–water partition coefficient (Wildman–Crippen LogP) is 3.35. The van der Waals surface area contributed by atoms with Gasteiger partial charge < -0.3 is 5.73 Å². The maximum absolute atomic E-state index is 13.5. The fraction of sp³-hybridized carbons (Fsp3) is 0.208. The minimum absolute atomic E-state index is 0.130. The van der Waals surface area contributed by atoms with Crippen molar-refractivity contribution >= 4 is 34.2 Å². The van der Waals surface area contributed by atoms with Gasteiger partial charge in [-0.3, -0.25) is 9.69 Å². The van der Waals surface area contributed by atoms with E-state index < -0.39 is 11.5 Å². The molecule has 1 aliphatic heterocycles. The van der Waals surface area contributed by atoms with Crippen LogP contribution in [0.4, 0.5) is 0 Å². The summed E-state index contributed by atoms with van der Waals surface area (Å²) in [6.07, 6.45) is 0. The van der Waals surface area contributed by atoms with E-state index in [1.54, 1.807) is 20.2 Å². The number of guanidine groups is 1. The number of aryl methyl sites for hydroxylation is 1. The third kappa shape index (κ3) is 3.36. The molecule has 0 bridgehead atoms. The Hall–Kier alpha value is -4.03. The normalized spacial score (nSPS) is 20.7. The minimum atomic E-state index is -0.903. The Balaban J connectivity index is 1.64. The van der Waals surface area contributed by atoms with E-state index in [-0.39, 0.29) is 11.9 Å². The average molecular weight is 456 g/mol. The maximum atomic E-state index is 13.5. The monoisotopic (exact) mass is 455 g/mol. The maximum Gasteiger partial charge on any atom is 0.239 e. The van der Waals surface area contributed by atoms with Crippen molar-refractivity contribution in [1.82, 2.24) is 19.9 Å². The molecule has 0 fully saturated rings. The number of nitrogens with two attached hydrogens (primary N) is 1. The van der Waals surface area contributed by atoms with Gasteiger partial charge in [0.2, 0.25) is 5.91 Å². The molecule has 9 heteroatoms. The van der Waals surface area contributed by atoms with Crippen LogP contribution >= 0.6 is 11.3 Å². The zero-order valence-corrected chi connectivity index (χ0v) is 19.2. The highest BCUT2D eigenvalue weighted by Gasteiger charge is 2.48. The summed E-state index contributed by atoms with van der Waals surface area (Å²) in [5, 5.41) is 20.0. The number of carbonyl (C=O) groups is 1. The molecule has 2 aromatic carbocycles. The first kappa shape index (κ1) is 20.8. The molecule has 164 valence electrons. The van der Waals surface area contributed by atoms with Gasteiger partial charge in [0.25, 0.3) is 0 Å². The summed E-state index contributed by atoms with van der Waals surface area (Å²) in [6, 6.07) is 17.4. The topological polar surface area (TPSA) is 113 Å². The number of carbonyl (C=O) groups excluding carboxylic acids is 1. The Morgan fingerprint density at radius 1 is 1.09 bits per heavy atom. The molecule has 33 heavy (non-hydrogen) atoms. The van der Waals surface area contributed by atoms with E-state index in [4.69, 9.17) is 10.7 Å². The summed E-state index contributed by atoms with van der Waals surface area (Å²) in [5.41, 5.74) is 10.1. The number of fused-ring (bicyclic) bond motifs is 1. The van der Waals surface area contributed by atoms with E-state index in [1.807, 2.05) is 54.8 Å². The molecule has 0 aliphatic carbocycles. The summed E-state index contributed by atoms with van der Waals surface area (Å²) in [6.45, 7) is 1.94. The van der Waals surface area contributed by atoms with E-state index in [9.17, 15) is 10.1 Å². The first-order valence-electron chi connectivity index (χ1n) is 10.3. The number of hydrogen-bond acceptors (Lipinski definition) is 7. The molecule has 2 atom stereocenters. The Kier molecular flexibility index (Phi) is 4.76. The summed E-state index contributed by atoms with van der Waals surface area (Å²) < 4.78 is 0. The lowest BCUT2D eigenvalue weighted by Gasteiger charge is -2.40. The fourth-order valence-corrected chi connectivity index (χ4v) is 5.38. The number of nitrogens with zero attached hydrogens (tertiary/aromatic N) is 6. The average Bonchev–Trinajstić information content (AvgIpc) is 3.44. The van der Waals surface area contributed by atoms with Crippen LogP contribution in [-0.4, -0.2) is 38.8 Å². The van der Waals surface area contributed by atoms with Gasteiger partial charge in [0.15, 0.2) is 5.96 Å². The van der Waals surface area contributed by atoms with Crippen molar-refractivity contribution in [2.24, 2.45) is 17.8 Å². The smallest absolute Gasteiger partial charge is 0.239 e. The highest BCUT2D eigenvalue weighted by molar-refractivity contribution is 7.10. The number of amides is 1. The van der Waals surface area contributed by atoms with E-state index >= 15 is 0 Å². The molecule has 1 amide bonds. The highest BCUT2D eigenvalue weighted by Crippen LogP contribution is 2.47. The van der Waals surface area contributed by atoms with Crippen LogP contribution in [0.25, 0.3) is 22.2 Å². The second-order valence-corrected chi connectivity index (χ2v) is 9.19. The molecule has 0 saturated heterocycles. The Morgan fingerprint density at radius 2 is 1.88 bits per heavy atom. The number of likely N-dealkylation sites (N-methyl/N-ethyl adjacent to an activating group) is 1. The lowest BCUT2D eigenvalue weighted by Crippen LogP contribution is -2.52. The molecule has 0 radical (unpaired) electrons. The Bertz CT molecular complexity index is 1480. The molecule has 0 saturated carbocycles. The highest BCUT2D eigenvalue weighted by atomic mass is 32.1. The number of thiophene rings is 1. The van der Waals surface area contributed by atoms with Crippen molar-refractivity contribution in [3.8, 4) is 17.2 Å². The second-order valence-electron chi connectivity index (χ2n) is 8.28. The largest absolute Gasteiger partial charge is 0.369 e. The molecule has 0 spiro atoms. The third-order valence-corrected chi connectivity index (χ3v) is 7.25. The molecule has 2 aromatic heterocycles. The first-order chi connectivity index (χ1) is 15.8. The van der Waals surface area contributed by atoms with Crippen LogP contribution in [0.3, 0.4) is 0 Å². The van der Waals surface area contributed by atoms with Crippen LogP contribution in [0.1, 0.15) is 28.8 Å². The van der Waals surface area contributed by atoms with Crippen LogP contribution in [0, 0.1) is 11.3 Å². The lowest BCUT2D eigenvalue weighted by molar-refractivity contribution is -0.130. The second kappa shape index (κ2) is 7.53. The summed E-state index contributed by atoms with van der Waals surface area (Å²) in [5.74, 6) is -0.534. The van der Waals surface area contributed by atoms with Gasteiger partial charge >= 0.3 is 0 Å². The van der Waals surface area contributed by atoms with Crippen molar-refractivity contribution < 1.29 is 4.79 Å². The van der Waals surface area contributed by atoms with Gasteiger partial charge in [-0.05, 0) is 59.3 Å². The lowest BCUT2D eigenvalue weighted by atomic mass is 9.77. The van der Waals surface area contributed by atoms with Crippen LogP contribution < -0.4 is 5.73 Å². The van der Waals surface area contributed by atoms with Gasteiger partial charge in [0.05, 0.1) is 17.6 Å². The predicted molar refractivity (Wildman–Crippen MR) is 127 cm³/mol. The van der Waals surface area contributed by atoms with Crippen LogP contribution in [0.2, 0.25) is 0 Å². The van der Waals surface area contributed by atoms with E-state index in [0.29, 0.717) is 5.56 Å². The quantitative estimate of drug-likeness (QED) is 0.509. The molecule has 8 nitrogen and oxygen atoms in total. The van der Waals surface area contributed by atoms with Crippen LogP contribution in [-0.2, 0) is 17.4 Å². The zero-order valence-electron chi connectivity index (χ0n) is 18.4. The zero-order chi connectivity index (χ0) is 23.3. The molecular formula is C24H21N7OS. The standard InChI is InChI=1S/C24H21N7OS/c1-24(20-11-17(13-33-20)15-6-4-5-14(9-15)12-25)21(22(32)30(2)23(26)27-24)16-7-8-18-19(10-16)29-31(3)28-18/h4-11,13,21H,1-3H3,(H2,26,27)/t21-,24+/m0/s1. The van der Waals surface area contributed by atoms with Crippen LogP contribution in [0.15, 0.2) is 58.9 Å². The van der Waals surface area contributed by atoms with Crippen LogP contribution in [0.5, 0.6) is 0 Å². The number of rotatable bonds is 3. The molecule has 4 aromatic rings. The van der Waals surface area contributed by atoms with E-state index in [0.717, 1.165) is 32.6 Å². The van der Waals surface area contributed by atoms with Crippen molar-refractivity contribution in [2.45, 2.75) is 18.4 Å². The van der Waals surface area contributed by atoms with E-state index in [2.05, 4.69) is 16.3 Å². The van der Waals surface area contributed by atoms with Gasteiger partial charge in [-0.15, -0.1) is 11.3 Å². The molecule has 3 heterocycles. The number of benzene rings is 2. The molecule has 1 aliphatic rings. The Morgan fingerprint density at radius 3 is 2.67 bits per heavy atom. The molecule has 2 N–H and O–H groups in total. The Labute approximate surface area is 194 Å². The first-order valence-corrected chi connectivity index (χ1v) is 11.2. The van der Waals surface area contributed by atoms with Gasteiger partial charge in [0, 0.05) is 19.0 Å². The summed E-state index contributed by atoms with van der Waals surface area (Å²) in [7, 11) is 3.41. The van der Waals surface area contributed by atoms with Gasteiger partial charge in [-0.2, -0.15) is 20.3 Å². The fourth-order valence-electron chi connectivity index (χ4n) is 4.33. The summed E-state index contributed by atoms with van der Waals surface area (Å²) in [4.78, 5) is 22.2. The molecule has 5 rings (SSSR count). The number of aliphatic imine (C=N–C) groups is 1.